The molecule has 0 radical (unpaired) electrons. The molecule has 0 bridgehead atoms. The number of hydrogen-bond donors (Lipinski definition) is 1. The highest BCUT2D eigenvalue weighted by Crippen LogP contribution is 2.23. The van der Waals surface area contributed by atoms with Gasteiger partial charge in [0.2, 0.25) is 5.95 Å². The minimum atomic E-state index is 0.780. The maximum atomic E-state index is 4.64. The summed E-state index contributed by atoms with van der Waals surface area (Å²) in [5, 5.41) is 12.2. The van der Waals surface area contributed by atoms with Crippen LogP contribution in [-0.2, 0) is 0 Å². The molecule has 0 amide bonds. The van der Waals surface area contributed by atoms with Gasteiger partial charge in [-0.25, -0.2) is 4.98 Å². The summed E-state index contributed by atoms with van der Waals surface area (Å²) in [7, 11) is 0. The summed E-state index contributed by atoms with van der Waals surface area (Å²) in [6, 6.07) is 8.73. The molecule has 110 valence electrons. The zero-order valence-corrected chi connectivity index (χ0v) is 12.2. The molecule has 2 fully saturated rings. The lowest BCUT2D eigenvalue weighted by molar-refractivity contribution is 0.379. The Morgan fingerprint density at radius 2 is 1.76 bits per heavy atom. The van der Waals surface area contributed by atoms with Crippen molar-refractivity contribution in [2.24, 2.45) is 5.92 Å². The Kier molecular flexibility index (Phi) is 3.43. The van der Waals surface area contributed by atoms with Crippen LogP contribution in [0.5, 0.6) is 0 Å². The van der Waals surface area contributed by atoms with Gasteiger partial charge in [-0.15, -0.1) is 10.2 Å². The van der Waals surface area contributed by atoms with Gasteiger partial charge in [-0.1, -0.05) is 12.1 Å². The maximum absolute atomic E-state index is 4.64. The molecule has 1 saturated carbocycles. The normalized spacial score (nSPS) is 20.1. The van der Waals surface area contributed by atoms with Gasteiger partial charge in [-0.2, -0.15) is 0 Å². The lowest BCUT2D eigenvalue weighted by Crippen LogP contribution is -2.38. The first-order valence-corrected chi connectivity index (χ1v) is 7.96. The van der Waals surface area contributed by atoms with Crippen LogP contribution in [0.3, 0.4) is 0 Å². The summed E-state index contributed by atoms with van der Waals surface area (Å²) in [5.41, 5.74) is 1.80. The molecule has 1 N–H and O–H groups in total. The molecular formula is C16H21N5. The standard InChI is InChI=1S/C16H21N5/c1-2-4-15-14(3-1)18-16(20-19-15)21-9-7-12(8-10-21)11-17-13-5-6-13/h1-4,12-13,17H,5-11H2. The summed E-state index contributed by atoms with van der Waals surface area (Å²) in [6.45, 7) is 3.25. The third kappa shape index (κ3) is 2.97. The maximum Gasteiger partial charge on any atom is 0.245 e. The molecule has 21 heavy (non-hydrogen) atoms. The van der Waals surface area contributed by atoms with E-state index in [2.05, 4.69) is 25.4 Å². The van der Waals surface area contributed by atoms with E-state index in [1.807, 2.05) is 24.3 Å². The molecule has 1 aromatic carbocycles. The molecule has 5 heteroatoms. The number of nitrogens with zero attached hydrogens (tertiary/aromatic N) is 4. The molecule has 2 aromatic rings. The van der Waals surface area contributed by atoms with Gasteiger partial charge >= 0.3 is 0 Å². The van der Waals surface area contributed by atoms with Crippen LogP contribution in [0.25, 0.3) is 11.0 Å². The Bertz CT molecular complexity index is 617. The van der Waals surface area contributed by atoms with Gasteiger partial charge in [-0.3, -0.25) is 0 Å². The fourth-order valence-electron chi connectivity index (χ4n) is 2.96. The van der Waals surface area contributed by atoms with E-state index in [0.29, 0.717) is 0 Å². The van der Waals surface area contributed by atoms with Crippen molar-refractivity contribution in [3.63, 3.8) is 0 Å². The van der Waals surface area contributed by atoms with Crippen molar-refractivity contribution in [3.8, 4) is 0 Å². The van der Waals surface area contributed by atoms with E-state index < -0.39 is 0 Å². The van der Waals surface area contributed by atoms with E-state index >= 15 is 0 Å². The lowest BCUT2D eigenvalue weighted by Gasteiger charge is -2.31. The first kappa shape index (κ1) is 13.0. The van der Waals surface area contributed by atoms with E-state index in [1.54, 1.807) is 0 Å². The molecule has 1 saturated heterocycles. The first-order chi connectivity index (χ1) is 10.4. The van der Waals surface area contributed by atoms with E-state index in [1.165, 1.54) is 32.2 Å². The van der Waals surface area contributed by atoms with Gasteiger partial charge < -0.3 is 10.2 Å². The fourth-order valence-corrected chi connectivity index (χ4v) is 2.96. The summed E-state index contributed by atoms with van der Waals surface area (Å²) >= 11 is 0. The summed E-state index contributed by atoms with van der Waals surface area (Å²) in [6.07, 6.45) is 5.18. The molecule has 5 nitrogen and oxygen atoms in total. The second-order valence-corrected chi connectivity index (χ2v) is 6.21. The van der Waals surface area contributed by atoms with Crippen LogP contribution >= 0.6 is 0 Å². The van der Waals surface area contributed by atoms with Crippen LogP contribution in [0.2, 0.25) is 0 Å². The third-order valence-electron chi connectivity index (χ3n) is 4.52. The van der Waals surface area contributed by atoms with E-state index in [-0.39, 0.29) is 0 Å². The van der Waals surface area contributed by atoms with Crippen molar-refractivity contribution in [1.82, 2.24) is 20.5 Å². The van der Waals surface area contributed by atoms with E-state index in [9.17, 15) is 0 Å². The second-order valence-electron chi connectivity index (χ2n) is 6.21. The average molecular weight is 283 g/mol. The highest BCUT2D eigenvalue weighted by Gasteiger charge is 2.25. The molecular weight excluding hydrogens is 262 g/mol. The molecule has 2 heterocycles. The van der Waals surface area contributed by atoms with Crippen molar-refractivity contribution in [1.29, 1.82) is 0 Å². The van der Waals surface area contributed by atoms with Gasteiger partial charge in [0.15, 0.2) is 0 Å². The second kappa shape index (κ2) is 5.56. The average Bonchev–Trinajstić information content (AvgIpc) is 3.37. The number of anilines is 1. The van der Waals surface area contributed by atoms with E-state index in [4.69, 9.17) is 0 Å². The van der Waals surface area contributed by atoms with Crippen molar-refractivity contribution in [3.05, 3.63) is 24.3 Å². The number of aromatic nitrogens is 3. The van der Waals surface area contributed by atoms with Crippen LogP contribution in [0.4, 0.5) is 5.95 Å². The monoisotopic (exact) mass is 283 g/mol. The third-order valence-corrected chi connectivity index (χ3v) is 4.52. The number of para-hydroxylation sites is 1. The largest absolute Gasteiger partial charge is 0.339 e. The lowest BCUT2D eigenvalue weighted by atomic mass is 9.97. The number of piperidine rings is 1. The minimum Gasteiger partial charge on any atom is -0.339 e. The van der Waals surface area contributed by atoms with Gasteiger partial charge in [0, 0.05) is 19.1 Å². The molecule has 0 atom stereocenters. The Morgan fingerprint density at radius 3 is 2.52 bits per heavy atom. The molecule has 4 rings (SSSR count). The van der Waals surface area contributed by atoms with Crippen molar-refractivity contribution in [2.45, 2.75) is 31.7 Å². The van der Waals surface area contributed by atoms with Gasteiger partial charge in [0.1, 0.15) is 5.52 Å². The fraction of sp³-hybridized carbons (Fsp3) is 0.562. The number of benzene rings is 1. The molecule has 1 aliphatic heterocycles. The summed E-state index contributed by atoms with van der Waals surface area (Å²) in [5.74, 6) is 1.58. The number of rotatable bonds is 4. The number of fused-ring (bicyclic) bond motifs is 1. The van der Waals surface area contributed by atoms with Crippen molar-refractivity contribution in [2.75, 3.05) is 24.5 Å². The molecule has 0 spiro atoms. The Labute approximate surface area is 124 Å². The van der Waals surface area contributed by atoms with Crippen molar-refractivity contribution >= 4 is 17.0 Å². The molecule has 1 aromatic heterocycles. The molecule has 2 aliphatic rings. The Morgan fingerprint density at radius 1 is 1.00 bits per heavy atom. The van der Waals surface area contributed by atoms with Crippen LogP contribution in [0, 0.1) is 5.92 Å². The Balaban J connectivity index is 1.39. The molecule has 1 aliphatic carbocycles. The predicted octanol–water partition coefficient (Wildman–Crippen LogP) is 1.99. The quantitative estimate of drug-likeness (QED) is 0.930. The highest BCUT2D eigenvalue weighted by atomic mass is 15.3. The van der Waals surface area contributed by atoms with Crippen LogP contribution in [0.15, 0.2) is 24.3 Å². The molecule has 0 unspecified atom stereocenters. The van der Waals surface area contributed by atoms with Crippen molar-refractivity contribution < 1.29 is 0 Å². The van der Waals surface area contributed by atoms with Crippen LogP contribution in [-0.4, -0.2) is 40.9 Å². The van der Waals surface area contributed by atoms with Gasteiger partial charge in [-0.05, 0) is 50.3 Å². The van der Waals surface area contributed by atoms with Gasteiger partial charge in [0.25, 0.3) is 0 Å². The SMILES string of the molecule is c1ccc2nc(N3CCC(CNC4CC4)CC3)nnc2c1. The predicted molar refractivity (Wildman–Crippen MR) is 83.3 cm³/mol. The van der Waals surface area contributed by atoms with Crippen LogP contribution in [0.1, 0.15) is 25.7 Å². The minimum absolute atomic E-state index is 0.780. The first-order valence-electron chi connectivity index (χ1n) is 7.96. The van der Waals surface area contributed by atoms with Crippen LogP contribution < -0.4 is 10.2 Å². The summed E-state index contributed by atoms with van der Waals surface area (Å²) < 4.78 is 0. The zero-order chi connectivity index (χ0) is 14.1. The Hall–Kier alpha value is -1.75. The van der Waals surface area contributed by atoms with Gasteiger partial charge in [0.05, 0.1) is 5.52 Å². The number of nitrogens with one attached hydrogen (secondary N) is 1. The topological polar surface area (TPSA) is 53.9 Å². The smallest absolute Gasteiger partial charge is 0.245 e. The zero-order valence-electron chi connectivity index (χ0n) is 12.2. The van der Waals surface area contributed by atoms with E-state index in [0.717, 1.165) is 42.0 Å². The number of hydrogen-bond acceptors (Lipinski definition) is 5. The highest BCUT2D eigenvalue weighted by molar-refractivity contribution is 5.74. The summed E-state index contributed by atoms with van der Waals surface area (Å²) in [4.78, 5) is 6.92.